The Morgan fingerprint density at radius 1 is 1.37 bits per heavy atom. The lowest BCUT2D eigenvalue weighted by molar-refractivity contribution is 0.600. The van der Waals surface area contributed by atoms with Gasteiger partial charge in [0.05, 0.1) is 18.0 Å². The third-order valence-electron chi connectivity index (χ3n) is 4.48. The Kier molecular flexibility index (Phi) is 8.22. The average Bonchev–Trinajstić information content (AvgIpc) is 3.05. The van der Waals surface area contributed by atoms with Gasteiger partial charge in [0.15, 0.2) is 5.96 Å². The van der Waals surface area contributed by atoms with Gasteiger partial charge in [0.2, 0.25) is 10.0 Å². The lowest BCUT2D eigenvalue weighted by atomic mass is 10.2. The van der Waals surface area contributed by atoms with Gasteiger partial charge < -0.3 is 10.6 Å². The summed E-state index contributed by atoms with van der Waals surface area (Å²) < 4.78 is 40.4. The maximum absolute atomic E-state index is 13.6. The molecule has 1 fully saturated rings. The first-order chi connectivity index (χ1) is 12.8. The lowest BCUT2D eigenvalue weighted by Crippen LogP contribution is -2.42. The second-order valence-corrected chi connectivity index (χ2v) is 9.64. The normalized spacial score (nSPS) is 20.5. The molecule has 0 bridgehead atoms. The van der Waals surface area contributed by atoms with Gasteiger partial charge in [-0.25, -0.2) is 12.8 Å². The van der Waals surface area contributed by atoms with Crippen molar-refractivity contribution in [2.45, 2.75) is 44.4 Å². The Balaban J connectivity index is 1.90. The summed E-state index contributed by atoms with van der Waals surface area (Å²) in [6.45, 7) is 4.43. The molecule has 152 valence electrons. The molecule has 1 saturated carbocycles. The van der Waals surface area contributed by atoms with Crippen LogP contribution in [0.25, 0.3) is 0 Å². The molecule has 1 aliphatic carbocycles. The largest absolute Gasteiger partial charge is 0.357 e. The fraction of sp³-hybridized carbons (Fsp3) is 0.611. The van der Waals surface area contributed by atoms with Gasteiger partial charge in [0.1, 0.15) is 5.82 Å². The van der Waals surface area contributed by atoms with Crippen LogP contribution in [-0.2, 0) is 10.0 Å². The van der Waals surface area contributed by atoms with E-state index in [4.69, 9.17) is 0 Å². The molecule has 1 aromatic rings. The fourth-order valence-electron chi connectivity index (χ4n) is 2.96. The van der Waals surface area contributed by atoms with Crippen LogP contribution in [0.15, 0.2) is 23.2 Å². The fourth-order valence-corrected chi connectivity index (χ4v) is 4.68. The van der Waals surface area contributed by atoms with Crippen molar-refractivity contribution in [1.82, 2.24) is 10.6 Å². The number of guanidine groups is 1. The zero-order valence-corrected chi connectivity index (χ0v) is 17.7. The van der Waals surface area contributed by atoms with Gasteiger partial charge in [-0.15, -0.1) is 0 Å². The van der Waals surface area contributed by atoms with Crippen LogP contribution in [0.2, 0.25) is 0 Å². The molecule has 0 aromatic heterocycles. The number of nitrogens with zero attached hydrogens (tertiary/aromatic N) is 1. The van der Waals surface area contributed by atoms with Gasteiger partial charge >= 0.3 is 0 Å². The average molecular weight is 417 g/mol. The first-order valence-corrected chi connectivity index (χ1v) is 12.1. The topological polar surface area (TPSA) is 82.6 Å². The molecule has 1 aliphatic rings. The van der Waals surface area contributed by atoms with E-state index in [1.165, 1.54) is 12.5 Å². The molecule has 2 rings (SSSR count). The Hall–Kier alpha value is -1.48. The summed E-state index contributed by atoms with van der Waals surface area (Å²) in [6.07, 6.45) is 5.49. The lowest BCUT2D eigenvalue weighted by Gasteiger charge is -2.17. The van der Waals surface area contributed by atoms with Crippen molar-refractivity contribution in [3.8, 4) is 0 Å². The molecule has 0 spiro atoms. The number of nitrogens with one attached hydrogen (secondary N) is 3. The second kappa shape index (κ2) is 10.2. The molecule has 3 N–H and O–H groups in total. The molecule has 9 heteroatoms. The highest BCUT2D eigenvalue weighted by Crippen LogP contribution is 2.28. The van der Waals surface area contributed by atoms with Crippen LogP contribution in [-0.4, -0.2) is 50.8 Å². The molecule has 0 heterocycles. The van der Waals surface area contributed by atoms with Crippen molar-refractivity contribution >= 4 is 33.4 Å². The summed E-state index contributed by atoms with van der Waals surface area (Å²) >= 11 is 1.89. The number of hydrogen-bond donors (Lipinski definition) is 3. The minimum absolute atomic E-state index is 0.123. The van der Waals surface area contributed by atoms with E-state index in [2.05, 4.69) is 26.6 Å². The van der Waals surface area contributed by atoms with Gasteiger partial charge in [0, 0.05) is 17.8 Å². The Morgan fingerprint density at radius 3 is 2.78 bits per heavy atom. The third kappa shape index (κ3) is 7.21. The van der Waals surface area contributed by atoms with E-state index in [1.54, 1.807) is 19.1 Å². The molecule has 2 atom stereocenters. The number of halogens is 1. The molecule has 0 saturated heterocycles. The van der Waals surface area contributed by atoms with Gasteiger partial charge in [0.25, 0.3) is 0 Å². The first-order valence-electron chi connectivity index (χ1n) is 9.17. The van der Waals surface area contributed by atoms with E-state index in [9.17, 15) is 12.8 Å². The number of rotatable bonds is 8. The van der Waals surface area contributed by atoms with E-state index in [1.807, 2.05) is 18.7 Å². The number of thioether (sulfide) groups is 1. The second-order valence-electron chi connectivity index (χ2n) is 6.66. The Morgan fingerprint density at radius 2 is 2.15 bits per heavy atom. The van der Waals surface area contributed by atoms with E-state index in [0.717, 1.165) is 12.8 Å². The molecular weight excluding hydrogens is 387 g/mol. The summed E-state index contributed by atoms with van der Waals surface area (Å²) in [5, 5.41) is 7.22. The number of sulfonamides is 1. The zero-order valence-electron chi connectivity index (χ0n) is 16.1. The van der Waals surface area contributed by atoms with Crippen molar-refractivity contribution in [2.24, 2.45) is 4.99 Å². The number of aliphatic imine (C=N–C) groups is 1. The molecule has 1 aromatic carbocycles. The highest BCUT2D eigenvalue weighted by Gasteiger charge is 2.24. The van der Waals surface area contributed by atoms with Crippen LogP contribution < -0.4 is 15.4 Å². The molecule has 0 aliphatic heterocycles. The monoisotopic (exact) mass is 416 g/mol. The minimum Gasteiger partial charge on any atom is -0.357 e. The number of anilines is 1. The van der Waals surface area contributed by atoms with Crippen LogP contribution in [0.1, 0.15) is 31.7 Å². The highest BCUT2D eigenvalue weighted by atomic mass is 32.2. The van der Waals surface area contributed by atoms with E-state index in [0.29, 0.717) is 29.4 Å². The Bertz CT molecular complexity index is 756. The van der Waals surface area contributed by atoms with E-state index in [-0.39, 0.29) is 18.0 Å². The molecule has 2 unspecified atom stereocenters. The molecule has 6 nitrogen and oxygen atoms in total. The van der Waals surface area contributed by atoms with Crippen LogP contribution in [0.3, 0.4) is 0 Å². The molecule has 0 amide bonds. The van der Waals surface area contributed by atoms with E-state index < -0.39 is 15.8 Å². The van der Waals surface area contributed by atoms with Crippen LogP contribution in [0, 0.1) is 12.7 Å². The minimum atomic E-state index is -3.60. The maximum Gasteiger partial charge on any atom is 0.234 e. The highest BCUT2D eigenvalue weighted by molar-refractivity contribution is 7.99. The van der Waals surface area contributed by atoms with Gasteiger partial charge in [-0.3, -0.25) is 9.71 Å². The predicted octanol–water partition coefficient (Wildman–Crippen LogP) is 2.72. The molecule has 0 radical (unpaired) electrons. The predicted molar refractivity (Wildman–Crippen MR) is 113 cm³/mol. The van der Waals surface area contributed by atoms with Gasteiger partial charge in [-0.2, -0.15) is 11.8 Å². The van der Waals surface area contributed by atoms with Crippen molar-refractivity contribution in [3.05, 3.63) is 29.6 Å². The van der Waals surface area contributed by atoms with Crippen molar-refractivity contribution in [3.63, 3.8) is 0 Å². The summed E-state index contributed by atoms with van der Waals surface area (Å²) in [5.41, 5.74) is 0.695. The summed E-state index contributed by atoms with van der Waals surface area (Å²) in [7, 11) is -3.60. The van der Waals surface area contributed by atoms with E-state index >= 15 is 0 Å². The first kappa shape index (κ1) is 21.8. The van der Waals surface area contributed by atoms with Crippen LogP contribution in [0.5, 0.6) is 0 Å². The summed E-state index contributed by atoms with van der Waals surface area (Å²) in [6, 6.07) is 4.64. The third-order valence-corrected chi connectivity index (χ3v) is 6.84. The number of hydrogen-bond acceptors (Lipinski definition) is 4. The SMILES string of the molecule is CCNC(=NCCS(=O)(=O)Nc1ccc(C)c(F)c1)NC1CCC(SC)C1. The van der Waals surface area contributed by atoms with Crippen molar-refractivity contribution < 1.29 is 12.8 Å². The number of aryl methyl sites for hydroxylation is 1. The summed E-state index contributed by atoms with van der Waals surface area (Å²) in [5.74, 6) is 0.0322. The quantitative estimate of drug-likeness (QED) is 0.448. The van der Waals surface area contributed by atoms with Crippen molar-refractivity contribution in [1.29, 1.82) is 0 Å². The number of benzene rings is 1. The molecular formula is C18H29FN4O2S2. The summed E-state index contributed by atoms with van der Waals surface area (Å²) in [4.78, 5) is 4.38. The standard InChI is InChI=1S/C18H29FN4O2S2/c1-4-20-18(22-14-7-8-16(11-14)26-3)21-9-10-27(24,25)23-15-6-5-13(2)17(19)12-15/h5-6,12,14,16,23H,4,7-11H2,1-3H3,(H2,20,21,22). The molecule has 27 heavy (non-hydrogen) atoms. The smallest absolute Gasteiger partial charge is 0.234 e. The van der Waals surface area contributed by atoms with Gasteiger partial charge in [-0.05, 0) is 57.1 Å². The Labute approximate surface area is 165 Å². The van der Waals surface area contributed by atoms with Crippen molar-refractivity contribution in [2.75, 3.05) is 29.8 Å². The van der Waals surface area contributed by atoms with Crippen LogP contribution in [0.4, 0.5) is 10.1 Å². The maximum atomic E-state index is 13.6. The van der Waals surface area contributed by atoms with Gasteiger partial charge in [-0.1, -0.05) is 6.07 Å². The zero-order chi connectivity index (χ0) is 19.9. The van der Waals surface area contributed by atoms with Crippen LogP contribution >= 0.6 is 11.8 Å².